The summed E-state index contributed by atoms with van der Waals surface area (Å²) in [5.74, 6) is -3.61. The van der Waals surface area contributed by atoms with E-state index < -0.39 is 34.6 Å². The van der Waals surface area contributed by atoms with Gasteiger partial charge in [-0.1, -0.05) is 19.9 Å². The van der Waals surface area contributed by atoms with E-state index in [1.54, 1.807) is 13.0 Å². The zero-order valence-corrected chi connectivity index (χ0v) is 17.9. The van der Waals surface area contributed by atoms with E-state index in [9.17, 15) is 23.1 Å². The maximum absolute atomic E-state index is 14.5. The molecule has 1 saturated carbocycles. The highest BCUT2D eigenvalue weighted by atomic mass is 19.2. The molecular weight excluding hydrogens is 407 g/mol. The molecule has 0 atom stereocenters. The van der Waals surface area contributed by atoms with Crippen molar-refractivity contribution in [1.82, 2.24) is 10.2 Å². The van der Waals surface area contributed by atoms with Crippen molar-refractivity contribution in [2.75, 3.05) is 25.0 Å². The molecule has 5 nitrogen and oxygen atoms in total. The summed E-state index contributed by atoms with van der Waals surface area (Å²) < 4.78 is 42.5. The Morgan fingerprint density at radius 2 is 1.81 bits per heavy atom. The third kappa shape index (κ3) is 5.19. The molecule has 0 radical (unpaired) electrons. The van der Waals surface area contributed by atoms with Crippen LogP contribution in [0.15, 0.2) is 30.3 Å². The van der Waals surface area contributed by atoms with Crippen molar-refractivity contribution in [2.45, 2.75) is 45.3 Å². The Hall–Kier alpha value is -2.58. The Labute approximate surface area is 180 Å². The van der Waals surface area contributed by atoms with E-state index in [1.165, 1.54) is 17.0 Å². The molecule has 0 spiro atoms. The van der Waals surface area contributed by atoms with E-state index in [4.69, 9.17) is 0 Å². The predicted octanol–water partition coefficient (Wildman–Crippen LogP) is 4.12. The maximum atomic E-state index is 14.5. The SMILES string of the molecule is CC.Cc1ccc(Nc2c(C(=O)N3CC(O)(CNC4CC4)C3)ccc(F)c2F)c(F)c1. The fourth-order valence-corrected chi connectivity index (χ4v) is 3.42. The first-order chi connectivity index (χ1) is 14.8. The van der Waals surface area contributed by atoms with Crippen LogP contribution in [0.3, 0.4) is 0 Å². The predicted molar refractivity (Wildman–Crippen MR) is 114 cm³/mol. The van der Waals surface area contributed by atoms with Gasteiger partial charge in [-0.05, 0) is 49.6 Å². The molecule has 1 saturated heterocycles. The van der Waals surface area contributed by atoms with E-state index >= 15 is 0 Å². The lowest BCUT2D eigenvalue weighted by molar-refractivity contribution is -0.0787. The molecule has 1 heterocycles. The maximum Gasteiger partial charge on any atom is 0.256 e. The van der Waals surface area contributed by atoms with Crippen molar-refractivity contribution in [2.24, 2.45) is 0 Å². The highest BCUT2D eigenvalue weighted by Crippen LogP contribution is 2.32. The Kier molecular flexibility index (Phi) is 6.91. The fraction of sp³-hybridized carbons (Fsp3) is 0.435. The number of rotatable bonds is 6. The van der Waals surface area contributed by atoms with Crippen molar-refractivity contribution >= 4 is 17.3 Å². The Balaban J connectivity index is 0.00000132. The molecule has 2 aromatic rings. The number of aliphatic hydroxyl groups is 1. The second-order valence-electron chi connectivity index (χ2n) is 7.93. The third-order valence-electron chi connectivity index (χ3n) is 5.26. The van der Waals surface area contributed by atoms with E-state index in [1.807, 2.05) is 13.8 Å². The van der Waals surface area contributed by atoms with Crippen LogP contribution in [0.2, 0.25) is 0 Å². The molecule has 3 N–H and O–H groups in total. The van der Waals surface area contributed by atoms with Crippen LogP contribution in [0.4, 0.5) is 24.5 Å². The third-order valence-corrected chi connectivity index (χ3v) is 5.26. The van der Waals surface area contributed by atoms with Crippen molar-refractivity contribution in [3.05, 3.63) is 58.9 Å². The normalized spacial score (nSPS) is 16.8. The average molecular weight is 435 g/mol. The summed E-state index contributed by atoms with van der Waals surface area (Å²) in [7, 11) is 0. The number of β-amino-alcohol motifs (C(OH)–C–C–N with tert-alkyl or cyclic N) is 1. The van der Waals surface area contributed by atoms with Gasteiger partial charge in [-0.25, -0.2) is 13.2 Å². The molecule has 1 amide bonds. The summed E-state index contributed by atoms with van der Waals surface area (Å²) in [6, 6.07) is 6.72. The molecule has 1 aliphatic carbocycles. The molecule has 0 bridgehead atoms. The summed E-state index contributed by atoms with van der Waals surface area (Å²) in [5, 5.41) is 16.2. The lowest BCUT2D eigenvalue weighted by atomic mass is 9.92. The van der Waals surface area contributed by atoms with Crippen LogP contribution in [-0.2, 0) is 0 Å². The van der Waals surface area contributed by atoms with Gasteiger partial charge in [0.1, 0.15) is 11.4 Å². The van der Waals surface area contributed by atoms with E-state index in [2.05, 4.69) is 10.6 Å². The Morgan fingerprint density at radius 3 is 2.42 bits per heavy atom. The molecule has 4 rings (SSSR count). The van der Waals surface area contributed by atoms with Gasteiger partial charge in [-0.2, -0.15) is 0 Å². The number of likely N-dealkylation sites (tertiary alicyclic amines) is 1. The number of aryl methyl sites for hydroxylation is 1. The van der Waals surface area contributed by atoms with Gasteiger partial charge < -0.3 is 20.6 Å². The number of carbonyl (C=O) groups excluding carboxylic acids is 1. The lowest BCUT2D eigenvalue weighted by Gasteiger charge is -2.46. The highest BCUT2D eigenvalue weighted by Gasteiger charge is 2.45. The van der Waals surface area contributed by atoms with E-state index in [0.29, 0.717) is 18.2 Å². The van der Waals surface area contributed by atoms with Gasteiger partial charge in [0.05, 0.1) is 30.0 Å². The fourth-order valence-electron chi connectivity index (χ4n) is 3.42. The molecular formula is C23H28F3N3O2. The molecule has 168 valence electrons. The zero-order chi connectivity index (χ0) is 22.8. The summed E-state index contributed by atoms with van der Waals surface area (Å²) in [5.41, 5.74) is -0.981. The van der Waals surface area contributed by atoms with E-state index in [0.717, 1.165) is 25.0 Å². The average Bonchev–Trinajstić information content (AvgIpc) is 3.55. The van der Waals surface area contributed by atoms with Crippen LogP contribution in [0, 0.1) is 24.4 Å². The number of carbonyl (C=O) groups is 1. The first kappa shape index (κ1) is 23.1. The number of amides is 1. The minimum atomic E-state index is -1.26. The number of anilines is 2. The quantitative estimate of drug-likeness (QED) is 0.639. The number of nitrogens with one attached hydrogen (secondary N) is 2. The molecule has 0 aromatic heterocycles. The summed E-state index contributed by atoms with van der Waals surface area (Å²) >= 11 is 0. The summed E-state index contributed by atoms with van der Waals surface area (Å²) in [6.07, 6.45) is 2.16. The second-order valence-corrected chi connectivity index (χ2v) is 7.93. The summed E-state index contributed by atoms with van der Waals surface area (Å²) in [4.78, 5) is 14.2. The van der Waals surface area contributed by atoms with Crippen LogP contribution in [0.5, 0.6) is 0 Å². The van der Waals surface area contributed by atoms with Gasteiger partial charge >= 0.3 is 0 Å². The first-order valence-electron chi connectivity index (χ1n) is 10.5. The number of benzene rings is 2. The molecule has 2 aromatic carbocycles. The number of nitrogens with zero attached hydrogens (tertiary/aromatic N) is 1. The van der Waals surface area contributed by atoms with Gasteiger partial charge in [0, 0.05) is 12.6 Å². The standard InChI is InChI=1S/C21H22F3N3O2.C2H6/c1-12-2-7-17(16(23)8-12)26-19-14(5-6-15(22)18(19)24)20(28)27-10-21(29,11-27)9-25-13-3-4-13;1-2/h2,5-8,13,25-26,29H,3-4,9-11H2,1H3;1-2H3. The molecule has 31 heavy (non-hydrogen) atoms. The molecule has 0 unspecified atom stereocenters. The number of halogens is 3. The van der Waals surface area contributed by atoms with Crippen molar-refractivity contribution < 1.29 is 23.1 Å². The molecule has 1 aliphatic heterocycles. The van der Waals surface area contributed by atoms with Crippen LogP contribution < -0.4 is 10.6 Å². The van der Waals surface area contributed by atoms with Crippen LogP contribution in [0.25, 0.3) is 0 Å². The zero-order valence-electron chi connectivity index (χ0n) is 17.9. The molecule has 2 aliphatic rings. The summed E-state index contributed by atoms with van der Waals surface area (Å²) in [6.45, 7) is 6.25. The van der Waals surface area contributed by atoms with Gasteiger partial charge in [0.2, 0.25) is 0 Å². The van der Waals surface area contributed by atoms with Crippen molar-refractivity contribution in [1.29, 1.82) is 0 Å². The largest absolute Gasteiger partial charge is 0.385 e. The van der Waals surface area contributed by atoms with Gasteiger partial charge in [-0.3, -0.25) is 4.79 Å². The minimum Gasteiger partial charge on any atom is -0.385 e. The van der Waals surface area contributed by atoms with Crippen LogP contribution in [0.1, 0.15) is 42.6 Å². The topological polar surface area (TPSA) is 64.6 Å². The van der Waals surface area contributed by atoms with E-state index in [-0.39, 0.29) is 24.3 Å². The van der Waals surface area contributed by atoms with Gasteiger partial charge in [0.15, 0.2) is 11.6 Å². The lowest BCUT2D eigenvalue weighted by Crippen LogP contribution is -2.67. The number of hydrogen-bond donors (Lipinski definition) is 3. The smallest absolute Gasteiger partial charge is 0.256 e. The second kappa shape index (κ2) is 9.28. The molecule has 8 heteroatoms. The van der Waals surface area contributed by atoms with Crippen LogP contribution in [-0.4, -0.2) is 47.2 Å². The monoisotopic (exact) mass is 435 g/mol. The Morgan fingerprint density at radius 1 is 1.13 bits per heavy atom. The molecule has 2 fully saturated rings. The minimum absolute atomic E-state index is 0.0668. The van der Waals surface area contributed by atoms with Gasteiger partial charge in [0.25, 0.3) is 5.91 Å². The van der Waals surface area contributed by atoms with Gasteiger partial charge in [-0.15, -0.1) is 0 Å². The van der Waals surface area contributed by atoms with Crippen LogP contribution >= 0.6 is 0 Å². The van der Waals surface area contributed by atoms with Crippen molar-refractivity contribution in [3.8, 4) is 0 Å². The Bertz CT molecular complexity index is 957. The first-order valence-corrected chi connectivity index (χ1v) is 10.5. The van der Waals surface area contributed by atoms with Crippen molar-refractivity contribution in [3.63, 3.8) is 0 Å². The number of hydrogen-bond acceptors (Lipinski definition) is 4. The highest BCUT2D eigenvalue weighted by molar-refractivity contribution is 6.01.